The van der Waals surface area contributed by atoms with E-state index in [0.717, 1.165) is 30.4 Å². The van der Waals surface area contributed by atoms with E-state index in [2.05, 4.69) is 0 Å². The van der Waals surface area contributed by atoms with Crippen molar-refractivity contribution in [1.29, 1.82) is 0 Å². The van der Waals surface area contributed by atoms with E-state index in [0.29, 0.717) is 25.3 Å². The Labute approximate surface area is 121 Å². The minimum atomic E-state index is 0.101. The maximum atomic E-state index is 12.5. The summed E-state index contributed by atoms with van der Waals surface area (Å²) in [5.74, 6) is 0.635. The molecule has 1 heterocycles. The number of hydrogen-bond donors (Lipinski definition) is 0. The Morgan fingerprint density at radius 3 is 2.45 bits per heavy atom. The van der Waals surface area contributed by atoms with Crippen LogP contribution in [0.3, 0.4) is 0 Å². The smallest absolute Gasteiger partial charge is 0.254 e. The van der Waals surface area contributed by atoms with E-state index in [9.17, 15) is 9.59 Å². The van der Waals surface area contributed by atoms with Crippen molar-refractivity contribution >= 4 is 11.7 Å². The maximum Gasteiger partial charge on any atom is 0.254 e. The lowest BCUT2D eigenvalue weighted by Crippen LogP contribution is -2.40. The van der Waals surface area contributed by atoms with Crippen molar-refractivity contribution in [2.45, 2.75) is 39.5 Å². The zero-order valence-corrected chi connectivity index (χ0v) is 12.4. The number of aryl methyl sites for hydroxylation is 1. The van der Waals surface area contributed by atoms with Crippen molar-refractivity contribution in [2.24, 2.45) is 5.92 Å². The fourth-order valence-corrected chi connectivity index (χ4v) is 2.84. The minimum absolute atomic E-state index is 0.101. The second-order valence-corrected chi connectivity index (χ2v) is 5.60. The lowest BCUT2D eigenvalue weighted by molar-refractivity contribution is -0.124. The predicted octanol–water partition coefficient (Wildman–Crippen LogP) is 3.22. The molecular weight excluding hydrogens is 250 g/mol. The second kappa shape index (κ2) is 6.69. The first-order valence-electron chi connectivity index (χ1n) is 7.51. The van der Waals surface area contributed by atoms with Crippen molar-refractivity contribution in [3.05, 3.63) is 35.4 Å². The number of rotatable bonds is 4. The highest BCUT2D eigenvalue weighted by Gasteiger charge is 2.27. The van der Waals surface area contributed by atoms with Gasteiger partial charge in [-0.3, -0.25) is 9.59 Å². The molecule has 2 rings (SSSR count). The zero-order valence-electron chi connectivity index (χ0n) is 12.4. The number of carbonyl (C=O) groups is 2. The zero-order chi connectivity index (χ0) is 14.5. The van der Waals surface area contributed by atoms with Crippen LogP contribution in [0.5, 0.6) is 0 Å². The third kappa shape index (κ3) is 3.27. The first-order chi connectivity index (χ1) is 9.63. The van der Waals surface area contributed by atoms with Gasteiger partial charge in [0, 0.05) is 31.0 Å². The highest BCUT2D eigenvalue weighted by molar-refractivity contribution is 5.95. The predicted molar refractivity (Wildman–Crippen MR) is 79.7 cm³/mol. The summed E-state index contributed by atoms with van der Waals surface area (Å²) in [5.41, 5.74) is 1.80. The molecule has 3 nitrogen and oxygen atoms in total. The number of likely N-dealkylation sites (tertiary alicyclic amines) is 1. The quantitative estimate of drug-likeness (QED) is 0.844. The highest BCUT2D eigenvalue weighted by Crippen LogP contribution is 2.22. The standard InChI is InChI=1S/C17H23NO2/c1-3-6-16(19)14-9-11-18(12-10-14)17(20)15-8-5-4-7-13(15)2/h4-5,7-8,14H,3,6,9-12H2,1-2H3. The number of nitrogens with zero attached hydrogens (tertiary/aromatic N) is 1. The molecule has 1 saturated heterocycles. The Morgan fingerprint density at radius 1 is 1.20 bits per heavy atom. The molecule has 0 aliphatic carbocycles. The summed E-state index contributed by atoms with van der Waals surface area (Å²) in [6, 6.07) is 7.69. The van der Waals surface area contributed by atoms with Crippen LogP contribution < -0.4 is 0 Å². The molecule has 1 aliphatic rings. The van der Waals surface area contributed by atoms with Gasteiger partial charge in [0.15, 0.2) is 0 Å². The van der Waals surface area contributed by atoms with E-state index in [4.69, 9.17) is 0 Å². The molecule has 1 aromatic rings. The molecule has 0 unspecified atom stereocenters. The number of hydrogen-bond acceptors (Lipinski definition) is 2. The van der Waals surface area contributed by atoms with Crippen molar-refractivity contribution in [1.82, 2.24) is 4.90 Å². The van der Waals surface area contributed by atoms with Crippen LogP contribution in [0.4, 0.5) is 0 Å². The molecule has 0 spiro atoms. The van der Waals surface area contributed by atoms with Crippen molar-refractivity contribution < 1.29 is 9.59 Å². The summed E-state index contributed by atoms with van der Waals surface area (Å²) in [6.07, 6.45) is 3.23. The molecule has 1 aliphatic heterocycles. The molecule has 1 aromatic carbocycles. The van der Waals surface area contributed by atoms with Gasteiger partial charge in [0.1, 0.15) is 5.78 Å². The van der Waals surface area contributed by atoms with Gasteiger partial charge in [-0.2, -0.15) is 0 Å². The average molecular weight is 273 g/mol. The number of carbonyl (C=O) groups excluding carboxylic acids is 2. The molecule has 1 amide bonds. The first kappa shape index (κ1) is 14.8. The van der Waals surface area contributed by atoms with Gasteiger partial charge in [-0.05, 0) is 37.8 Å². The van der Waals surface area contributed by atoms with Gasteiger partial charge < -0.3 is 4.90 Å². The number of amides is 1. The van der Waals surface area contributed by atoms with E-state index >= 15 is 0 Å². The van der Waals surface area contributed by atoms with Gasteiger partial charge in [-0.15, -0.1) is 0 Å². The summed E-state index contributed by atoms with van der Waals surface area (Å²) in [7, 11) is 0. The SMILES string of the molecule is CCCC(=O)C1CCN(C(=O)c2ccccc2C)CC1. The van der Waals surface area contributed by atoms with E-state index in [-0.39, 0.29) is 11.8 Å². The first-order valence-corrected chi connectivity index (χ1v) is 7.51. The maximum absolute atomic E-state index is 12.5. The summed E-state index contributed by atoms with van der Waals surface area (Å²) in [6.45, 7) is 5.40. The number of ketones is 1. The van der Waals surface area contributed by atoms with Crippen LogP contribution in [0, 0.1) is 12.8 Å². The molecule has 0 aromatic heterocycles. The van der Waals surface area contributed by atoms with Gasteiger partial charge in [0.2, 0.25) is 0 Å². The molecule has 0 N–H and O–H groups in total. The van der Waals surface area contributed by atoms with Gasteiger partial charge >= 0.3 is 0 Å². The molecule has 0 saturated carbocycles. The monoisotopic (exact) mass is 273 g/mol. The van der Waals surface area contributed by atoms with E-state index < -0.39 is 0 Å². The summed E-state index contributed by atoms with van der Waals surface area (Å²) in [5, 5.41) is 0. The number of benzene rings is 1. The Bertz CT molecular complexity index is 488. The lowest BCUT2D eigenvalue weighted by Gasteiger charge is -2.31. The van der Waals surface area contributed by atoms with Gasteiger partial charge in [0.05, 0.1) is 0 Å². The molecule has 0 radical (unpaired) electrons. The molecule has 108 valence electrons. The van der Waals surface area contributed by atoms with Crippen LogP contribution in [0.1, 0.15) is 48.5 Å². The summed E-state index contributed by atoms with van der Waals surface area (Å²) in [4.78, 5) is 26.2. The molecule has 3 heteroatoms. The molecule has 20 heavy (non-hydrogen) atoms. The Kier molecular flexibility index (Phi) is 4.94. The normalized spacial score (nSPS) is 16.2. The van der Waals surface area contributed by atoms with Crippen molar-refractivity contribution in [2.75, 3.05) is 13.1 Å². The van der Waals surface area contributed by atoms with Crippen LogP contribution >= 0.6 is 0 Å². The van der Waals surface area contributed by atoms with Crippen LogP contribution in [-0.2, 0) is 4.79 Å². The molecule has 1 fully saturated rings. The Hall–Kier alpha value is -1.64. The fraction of sp³-hybridized carbons (Fsp3) is 0.529. The van der Waals surface area contributed by atoms with Gasteiger partial charge in [-0.25, -0.2) is 0 Å². The fourth-order valence-electron chi connectivity index (χ4n) is 2.84. The average Bonchev–Trinajstić information content (AvgIpc) is 2.47. The van der Waals surface area contributed by atoms with Crippen LogP contribution in [-0.4, -0.2) is 29.7 Å². The van der Waals surface area contributed by atoms with Crippen molar-refractivity contribution in [3.8, 4) is 0 Å². The summed E-state index contributed by atoms with van der Waals surface area (Å²) < 4.78 is 0. The molecule has 0 atom stereocenters. The second-order valence-electron chi connectivity index (χ2n) is 5.60. The highest BCUT2D eigenvalue weighted by atomic mass is 16.2. The molecule has 0 bridgehead atoms. The largest absolute Gasteiger partial charge is 0.339 e. The van der Waals surface area contributed by atoms with Gasteiger partial charge in [0.25, 0.3) is 5.91 Å². The van der Waals surface area contributed by atoms with Crippen molar-refractivity contribution in [3.63, 3.8) is 0 Å². The van der Waals surface area contributed by atoms with E-state index in [1.807, 2.05) is 43.0 Å². The summed E-state index contributed by atoms with van der Waals surface area (Å²) >= 11 is 0. The van der Waals surface area contributed by atoms with Gasteiger partial charge in [-0.1, -0.05) is 25.1 Å². The number of Topliss-reactive ketones (excluding diaryl/α,β-unsaturated/α-hetero) is 1. The van der Waals surface area contributed by atoms with E-state index in [1.165, 1.54) is 0 Å². The Balaban J connectivity index is 1.96. The van der Waals surface area contributed by atoms with E-state index in [1.54, 1.807) is 0 Å². The number of piperidine rings is 1. The topological polar surface area (TPSA) is 37.4 Å². The van der Waals surface area contributed by atoms with Crippen LogP contribution in [0.25, 0.3) is 0 Å². The molecular formula is C17H23NO2. The van der Waals surface area contributed by atoms with Crippen LogP contribution in [0.2, 0.25) is 0 Å². The third-order valence-corrected chi connectivity index (χ3v) is 4.11. The Morgan fingerprint density at radius 2 is 1.85 bits per heavy atom. The van der Waals surface area contributed by atoms with Crippen LogP contribution in [0.15, 0.2) is 24.3 Å². The third-order valence-electron chi connectivity index (χ3n) is 4.11. The lowest BCUT2D eigenvalue weighted by atomic mass is 9.90. The minimum Gasteiger partial charge on any atom is -0.339 e.